The number of benzene rings is 2. The summed E-state index contributed by atoms with van der Waals surface area (Å²) in [5.41, 5.74) is 19.5. The second kappa shape index (κ2) is 15.1. The number of carbonyl (C=O) groups excluding carboxylic acids is 3. The van der Waals surface area contributed by atoms with Crippen molar-refractivity contribution in [3.05, 3.63) is 91.7 Å². The summed E-state index contributed by atoms with van der Waals surface area (Å²) in [7, 11) is 0. The standard InChI is InChI=1S/C34H46N8O3/c1-32(2,3)27-15-11-25(12-16-27)23-34(24-26-13-17-28(18-14-26)33(4,5)6)29(43)41(21-9-7-19-37-39-35)31(45)42(30(34)44)22-10-8-20-38-40-36/h11-18H,7-10,19-24H2,1-6H3. The Morgan fingerprint density at radius 2 is 0.978 bits per heavy atom. The minimum Gasteiger partial charge on any atom is -0.273 e. The highest BCUT2D eigenvalue weighted by Gasteiger charge is 2.56. The Bertz CT molecular complexity index is 1330. The average molecular weight is 615 g/mol. The van der Waals surface area contributed by atoms with Crippen molar-refractivity contribution in [1.29, 1.82) is 0 Å². The maximum Gasteiger partial charge on any atom is 0.333 e. The van der Waals surface area contributed by atoms with Gasteiger partial charge < -0.3 is 0 Å². The van der Waals surface area contributed by atoms with Gasteiger partial charge in [0.05, 0.1) is 0 Å². The third-order valence-electron chi connectivity index (χ3n) is 8.33. The molecule has 1 heterocycles. The van der Waals surface area contributed by atoms with Gasteiger partial charge in [0.2, 0.25) is 11.8 Å². The lowest BCUT2D eigenvalue weighted by Crippen LogP contribution is -2.66. The van der Waals surface area contributed by atoms with Gasteiger partial charge in [-0.3, -0.25) is 19.4 Å². The Kier molecular flexibility index (Phi) is 11.8. The molecule has 4 amide bonds. The van der Waals surface area contributed by atoms with Crippen LogP contribution in [0.1, 0.15) is 89.5 Å². The molecule has 1 saturated heterocycles. The fourth-order valence-electron chi connectivity index (χ4n) is 5.62. The van der Waals surface area contributed by atoms with Crippen LogP contribution in [0.5, 0.6) is 0 Å². The zero-order valence-electron chi connectivity index (χ0n) is 27.5. The highest BCUT2D eigenvalue weighted by atomic mass is 16.2. The van der Waals surface area contributed by atoms with Gasteiger partial charge >= 0.3 is 6.03 Å². The van der Waals surface area contributed by atoms with Crippen LogP contribution in [0.2, 0.25) is 0 Å². The van der Waals surface area contributed by atoms with Crippen LogP contribution in [-0.2, 0) is 33.3 Å². The largest absolute Gasteiger partial charge is 0.333 e. The summed E-state index contributed by atoms with van der Waals surface area (Å²) in [5, 5.41) is 7.13. The van der Waals surface area contributed by atoms with Gasteiger partial charge in [-0.2, -0.15) is 0 Å². The first-order chi connectivity index (χ1) is 21.2. The number of barbiturate groups is 1. The molecule has 0 spiro atoms. The van der Waals surface area contributed by atoms with Crippen LogP contribution in [0.4, 0.5) is 4.79 Å². The molecule has 11 nitrogen and oxygen atoms in total. The third kappa shape index (κ3) is 8.87. The Balaban J connectivity index is 2.09. The van der Waals surface area contributed by atoms with Gasteiger partial charge in [0, 0.05) is 36.0 Å². The molecular weight excluding hydrogens is 568 g/mol. The maximum atomic E-state index is 14.5. The predicted octanol–water partition coefficient (Wildman–Crippen LogP) is 8.03. The van der Waals surface area contributed by atoms with Gasteiger partial charge in [0.1, 0.15) is 5.41 Å². The van der Waals surface area contributed by atoms with Crippen molar-refractivity contribution in [2.75, 3.05) is 26.2 Å². The smallest absolute Gasteiger partial charge is 0.273 e. The van der Waals surface area contributed by atoms with Crippen LogP contribution in [0.15, 0.2) is 58.8 Å². The molecule has 3 rings (SSSR count). The molecule has 0 aromatic heterocycles. The number of urea groups is 1. The topological polar surface area (TPSA) is 155 Å². The van der Waals surface area contributed by atoms with Crippen LogP contribution in [0, 0.1) is 5.41 Å². The molecule has 0 unspecified atom stereocenters. The van der Waals surface area contributed by atoms with Gasteiger partial charge in [-0.1, -0.05) is 100 Å². The SMILES string of the molecule is CC(C)(C)c1ccc(CC2(Cc3ccc(C(C)(C)C)cc3)C(=O)N(CCCCN=[N+]=[N-])C(=O)N(CCCCN=[N+]=[N-])C2=O)cc1. The summed E-state index contributed by atoms with van der Waals surface area (Å²) in [6.45, 7) is 13.5. The monoisotopic (exact) mass is 614 g/mol. The summed E-state index contributed by atoms with van der Waals surface area (Å²) in [5.74, 6) is -1.02. The van der Waals surface area contributed by atoms with E-state index in [1.807, 2.05) is 48.5 Å². The van der Waals surface area contributed by atoms with Crippen molar-refractivity contribution in [2.24, 2.45) is 15.6 Å². The van der Waals surface area contributed by atoms with E-state index < -0.39 is 23.3 Å². The molecule has 45 heavy (non-hydrogen) atoms. The number of hydrogen-bond donors (Lipinski definition) is 0. The summed E-state index contributed by atoms with van der Waals surface area (Å²) < 4.78 is 0. The molecule has 11 heteroatoms. The van der Waals surface area contributed by atoms with E-state index in [2.05, 4.69) is 61.6 Å². The lowest BCUT2D eigenvalue weighted by Gasteiger charge is -2.44. The quantitative estimate of drug-likeness (QED) is 0.0695. The van der Waals surface area contributed by atoms with Crippen LogP contribution in [0.25, 0.3) is 20.9 Å². The maximum absolute atomic E-state index is 14.5. The Morgan fingerprint density at radius 3 is 1.29 bits per heavy atom. The molecular formula is C34H46N8O3. The van der Waals surface area contributed by atoms with E-state index in [1.54, 1.807) is 0 Å². The minimum atomic E-state index is -1.55. The molecule has 1 aliphatic heterocycles. The third-order valence-corrected chi connectivity index (χ3v) is 8.33. The summed E-state index contributed by atoms with van der Waals surface area (Å²) in [6, 6.07) is 15.4. The molecule has 0 N–H and O–H groups in total. The van der Waals surface area contributed by atoms with Crippen molar-refractivity contribution in [2.45, 2.75) is 90.9 Å². The van der Waals surface area contributed by atoms with Crippen molar-refractivity contribution >= 4 is 17.8 Å². The van der Waals surface area contributed by atoms with Gasteiger partial charge in [-0.25, -0.2) is 4.79 Å². The first-order valence-corrected chi connectivity index (χ1v) is 15.6. The van der Waals surface area contributed by atoms with Crippen molar-refractivity contribution < 1.29 is 14.4 Å². The molecule has 0 saturated carbocycles. The van der Waals surface area contributed by atoms with E-state index >= 15 is 0 Å². The van der Waals surface area contributed by atoms with Crippen LogP contribution < -0.4 is 0 Å². The first kappa shape index (κ1) is 35.2. The van der Waals surface area contributed by atoms with Gasteiger partial charge in [0.25, 0.3) is 0 Å². The Hall–Kier alpha value is -4.33. The van der Waals surface area contributed by atoms with Crippen molar-refractivity contribution in [3.8, 4) is 0 Å². The molecule has 0 aliphatic carbocycles. The van der Waals surface area contributed by atoms with E-state index in [0.717, 1.165) is 22.3 Å². The highest BCUT2D eigenvalue weighted by molar-refractivity contribution is 6.19. The van der Waals surface area contributed by atoms with E-state index in [0.29, 0.717) is 25.7 Å². The molecule has 0 bridgehead atoms. The molecule has 1 aliphatic rings. The van der Waals surface area contributed by atoms with E-state index in [4.69, 9.17) is 11.1 Å². The lowest BCUT2D eigenvalue weighted by atomic mass is 9.72. The number of azide groups is 2. The first-order valence-electron chi connectivity index (χ1n) is 15.6. The summed E-state index contributed by atoms with van der Waals surface area (Å²) in [4.78, 5) is 50.8. The van der Waals surface area contributed by atoms with Gasteiger partial charge in [0.15, 0.2) is 0 Å². The number of carbonyl (C=O) groups is 3. The average Bonchev–Trinajstić information content (AvgIpc) is 2.98. The minimum absolute atomic E-state index is 0.0628. The second-order valence-electron chi connectivity index (χ2n) is 13.8. The van der Waals surface area contributed by atoms with Crippen LogP contribution in [0.3, 0.4) is 0 Å². The second-order valence-corrected chi connectivity index (χ2v) is 13.8. The Labute approximate surface area is 266 Å². The number of amides is 4. The lowest BCUT2D eigenvalue weighted by molar-refractivity contribution is -0.159. The van der Waals surface area contributed by atoms with Crippen LogP contribution in [-0.4, -0.2) is 53.8 Å². The number of nitrogens with zero attached hydrogens (tertiary/aromatic N) is 8. The van der Waals surface area contributed by atoms with E-state index in [1.165, 1.54) is 9.80 Å². The van der Waals surface area contributed by atoms with Crippen molar-refractivity contribution in [3.63, 3.8) is 0 Å². The predicted molar refractivity (Wildman–Crippen MR) is 175 cm³/mol. The molecule has 2 aromatic carbocycles. The summed E-state index contributed by atoms with van der Waals surface area (Å²) >= 11 is 0. The van der Waals surface area contributed by atoms with E-state index in [-0.39, 0.29) is 49.9 Å². The molecule has 240 valence electrons. The molecule has 2 aromatic rings. The fourth-order valence-corrected chi connectivity index (χ4v) is 5.62. The fraction of sp³-hybridized carbons (Fsp3) is 0.559. The number of hydrogen-bond acceptors (Lipinski definition) is 5. The number of rotatable bonds is 14. The highest BCUT2D eigenvalue weighted by Crippen LogP contribution is 2.38. The van der Waals surface area contributed by atoms with Crippen molar-refractivity contribution in [1.82, 2.24) is 9.80 Å². The van der Waals surface area contributed by atoms with Crippen LogP contribution >= 0.6 is 0 Å². The zero-order valence-corrected chi connectivity index (χ0v) is 27.5. The number of imide groups is 2. The normalized spacial score (nSPS) is 15.1. The zero-order chi connectivity index (χ0) is 33.3. The summed E-state index contributed by atoms with van der Waals surface area (Å²) in [6.07, 6.45) is 2.13. The Morgan fingerprint density at radius 1 is 0.622 bits per heavy atom. The van der Waals surface area contributed by atoms with E-state index in [9.17, 15) is 14.4 Å². The van der Waals surface area contributed by atoms with Gasteiger partial charge in [-0.05, 0) is 82.7 Å². The van der Waals surface area contributed by atoms with Gasteiger partial charge in [-0.15, -0.1) is 0 Å². The molecule has 0 radical (unpaired) electrons. The number of unbranched alkanes of at least 4 members (excludes halogenated alkanes) is 2. The molecule has 1 fully saturated rings. The molecule has 0 atom stereocenters.